The van der Waals surface area contributed by atoms with Gasteiger partial charge in [0.05, 0.1) is 28.4 Å². The van der Waals surface area contributed by atoms with Gasteiger partial charge in [0, 0.05) is 0 Å². The molecule has 0 atom stereocenters. The van der Waals surface area contributed by atoms with Crippen LogP contribution in [0.2, 0.25) is 0 Å². The maximum atomic E-state index is 6.57. The molecule has 8 rings (SSSR count). The molecule has 0 bridgehead atoms. The fourth-order valence-corrected chi connectivity index (χ4v) is 7.18. The number of ether oxygens (including phenoxy) is 10. The van der Waals surface area contributed by atoms with Crippen LogP contribution >= 0.6 is 0 Å². The van der Waals surface area contributed by atoms with E-state index in [1.165, 1.54) is 11.1 Å². The van der Waals surface area contributed by atoms with Crippen LogP contribution in [0.4, 0.5) is 0 Å². The average Bonchev–Trinajstić information content (AvgIpc) is 3.95. The van der Waals surface area contributed by atoms with Gasteiger partial charge in [0.1, 0.15) is 11.5 Å². The Morgan fingerprint density at radius 1 is 0.362 bits per heavy atom. The molecular formula is C48H46O10. The van der Waals surface area contributed by atoms with Crippen LogP contribution < -0.4 is 47.4 Å². The van der Waals surface area contributed by atoms with Crippen molar-refractivity contribution in [2.24, 2.45) is 0 Å². The lowest BCUT2D eigenvalue weighted by atomic mass is 10.0. The third-order valence-corrected chi connectivity index (χ3v) is 10.3. The van der Waals surface area contributed by atoms with Gasteiger partial charge in [-0.25, -0.2) is 0 Å². The predicted octanol–water partition coefficient (Wildman–Crippen LogP) is 10.1. The van der Waals surface area contributed by atoms with Crippen molar-refractivity contribution in [1.29, 1.82) is 0 Å². The van der Waals surface area contributed by atoms with E-state index in [-0.39, 0.29) is 13.6 Å². The second kappa shape index (κ2) is 17.6. The molecule has 0 radical (unpaired) electrons. The van der Waals surface area contributed by atoms with E-state index in [1.807, 2.05) is 72.8 Å². The summed E-state index contributed by atoms with van der Waals surface area (Å²) in [7, 11) is 6.64. The summed E-state index contributed by atoms with van der Waals surface area (Å²) in [5.74, 6) is 7.63. The van der Waals surface area contributed by atoms with Crippen molar-refractivity contribution >= 4 is 0 Å². The predicted molar refractivity (Wildman–Crippen MR) is 219 cm³/mol. The minimum Gasteiger partial charge on any atom is -0.497 e. The zero-order chi connectivity index (χ0) is 39.8. The van der Waals surface area contributed by atoms with Crippen LogP contribution in [0.3, 0.4) is 0 Å². The van der Waals surface area contributed by atoms with Crippen molar-refractivity contribution in [2.45, 2.75) is 38.5 Å². The minimum absolute atomic E-state index is 0.112. The Morgan fingerprint density at radius 2 is 0.759 bits per heavy atom. The number of rotatable bonds is 17. The molecule has 2 aliphatic heterocycles. The first kappa shape index (κ1) is 38.2. The highest BCUT2D eigenvalue weighted by Crippen LogP contribution is 2.48. The highest BCUT2D eigenvalue weighted by Gasteiger charge is 2.25. The number of fused-ring (bicyclic) bond motifs is 2. The summed E-state index contributed by atoms with van der Waals surface area (Å²) in [4.78, 5) is 0. The molecule has 0 amide bonds. The van der Waals surface area contributed by atoms with Gasteiger partial charge in [-0.3, -0.25) is 0 Å². The molecule has 58 heavy (non-hydrogen) atoms. The molecule has 298 valence electrons. The van der Waals surface area contributed by atoms with Crippen molar-refractivity contribution in [3.05, 3.63) is 143 Å². The normalized spacial score (nSPS) is 12.3. The van der Waals surface area contributed by atoms with Crippen LogP contribution in [0.1, 0.15) is 33.4 Å². The van der Waals surface area contributed by atoms with Crippen molar-refractivity contribution in [1.82, 2.24) is 0 Å². The Kier molecular flexibility index (Phi) is 11.6. The van der Waals surface area contributed by atoms with Gasteiger partial charge in [-0.05, 0) is 145 Å². The summed E-state index contributed by atoms with van der Waals surface area (Å²) in [5.41, 5.74) is 6.64. The fourth-order valence-electron chi connectivity index (χ4n) is 7.18. The van der Waals surface area contributed by atoms with Gasteiger partial charge in [0.15, 0.2) is 46.0 Å². The lowest BCUT2D eigenvalue weighted by Gasteiger charge is -2.16. The van der Waals surface area contributed by atoms with Gasteiger partial charge in [-0.1, -0.05) is 36.4 Å². The van der Waals surface area contributed by atoms with E-state index >= 15 is 0 Å². The monoisotopic (exact) mass is 782 g/mol. The zero-order valence-electron chi connectivity index (χ0n) is 33.1. The molecule has 0 N–H and O–H groups in total. The van der Waals surface area contributed by atoms with Gasteiger partial charge in [0.25, 0.3) is 0 Å². The first-order valence-corrected chi connectivity index (χ1v) is 19.3. The van der Waals surface area contributed by atoms with E-state index < -0.39 is 0 Å². The second-order valence-electron chi connectivity index (χ2n) is 14.0. The van der Waals surface area contributed by atoms with E-state index in [9.17, 15) is 0 Å². The maximum absolute atomic E-state index is 6.57. The smallest absolute Gasteiger partial charge is 0.231 e. The van der Waals surface area contributed by atoms with E-state index in [4.69, 9.17) is 47.4 Å². The van der Waals surface area contributed by atoms with E-state index in [0.29, 0.717) is 70.3 Å². The molecule has 0 unspecified atom stereocenters. The third kappa shape index (κ3) is 8.81. The summed E-state index contributed by atoms with van der Waals surface area (Å²) in [5, 5.41) is 0. The van der Waals surface area contributed by atoms with Crippen LogP contribution in [-0.4, -0.2) is 42.0 Å². The van der Waals surface area contributed by atoms with Crippen molar-refractivity contribution < 1.29 is 47.4 Å². The molecule has 0 aliphatic carbocycles. The van der Waals surface area contributed by atoms with Crippen LogP contribution in [0.25, 0.3) is 0 Å². The molecular weight excluding hydrogens is 737 g/mol. The molecule has 2 heterocycles. The van der Waals surface area contributed by atoms with E-state index in [0.717, 1.165) is 59.4 Å². The van der Waals surface area contributed by atoms with Crippen LogP contribution in [0.15, 0.2) is 109 Å². The first-order chi connectivity index (χ1) is 28.5. The van der Waals surface area contributed by atoms with Crippen LogP contribution in [0, 0.1) is 0 Å². The van der Waals surface area contributed by atoms with E-state index in [1.54, 1.807) is 28.4 Å². The van der Waals surface area contributed by atoms with E-state index in [2.05, 4.69) is 36.4 Å². The van der Waals surface area contributed by atoms with Crippen molar-refractivity contribution in [3.8, 4) is 69.0 Å². The molecule has 2 aliphatic rings. The second-order valence-corrected chi connectivity index (χ2v) is 14.0. The standard InChI is InChI=1S/C48H46O10/c1-49-37-9-5-7-31(21-37)11-13-33-17-19-39(51-3)41(23-33)57-45-27-35(25-43-47(45)55-29-53-43)15-16-36-26-44-48(56-30-54-44)46(28-36)58-42-24-34(18-20-40(42)52-4)14-12-32-8-6-10-38(22-32)50-2/h5-10,17-28H,11-16,29-30H2,1-4H3. The number of benzene rings is 6. The Morgan fingerprint density at radius 3 is 1.17 bits per heavy atom. The van der Waals surface area contributed by atoms with Crippen molar-refractivity contribution in [2.75, 3.05) is 42.0 Å². The van der Waals surface area contributed by atoms with Gasteiger partial charge in [-0.2, -0.15) is 0 Å². The topological polar surface area (TPSA) is 92.3 Å². The Hall–Kier alpha value is -6.68. The highest BCUT2D eigenvalue weighted by atomic mass is 16.7. The number of hydrogen-bond acceptors (Lipinski definition) is 10. The zero-order valence-corrected chi connectivity index (χ0v) is 33.1. The molecule has 10 heteroatoms. The lowest BCUT2D eigenvalue weighted by molar-refractivity contribution is 0.171. The van der Waals surface area contributed by atoms with Crippen LogP contribution in [-0.2, 0) is 38.5 Å². The average molecular weight is 783 g/mol. The molecule has 0 spiro atoms. The van der Waals surface area contributed by atoms with Gasteiger partial charge >= 0.3 is 0 Å². The summed E-state index contributed by atoms with van der Waals surface area (Å²) in [6.45, 7) is 0.225. The van der Waals surface area contributed by atoms with Gasteiger partial charge in [-0.15, -0.1) is 0 Å². The maximum Gasteiger partial charge on any atom is 0.231 e. The highest BCUT2D eigenvalue weighted by molar-refractivity contribution is 5.60. The first-order valence-electron chi connectivity index (χ1n) is 19.3. The molecule has 0 saturated carbocycles. The van der Waals surface area contributed by atoms with Crippen LogP contribution in [0.5, 0.6) is 69.0 Å². The summed E-state index contributed by atoms with van der Waals surface area (Å²) in [6.07, 6.45) is 4.68. The largest absolute Gasteiger partial charge is 0.497 e. The summed E-state index contributed by atoms with van der Waals surface area (Å²) in [6, 6.07) is 36.3. The number of aryl methyl sites for hydroxylation is 6. The fraction of sp³-hybridized carbons (Fsp3) is 0.250. The molecule has 6 aromatic rings. The quantitative estimate of drug-likeness (QED) is 0.0890. The Labute approximate surface area is 338 Å². The molecule has 10 nitrogen and oxygen atoms in total. The lowest BCUT2D eigenvalue weighted by Crippen LogP contribution is -1.98. The number of methoxy groups -OCH3 is 4. The molecule has 0 fully saturated rings. The number of hydrogen-bond donors (Lipinski definition) is 0. The molecule has 6 aromatic carbocycles. The molecule has 0 saturated heterocycles. The third-order valence-electron chi connectivity index (χ3n) is 10.3. The molecule has 0 aromatic heterocycles. The summed E-state index contributed by atoms with van der Waals surface area (Å²) >= 11 is 0. The van der Waals surface area contributed by atoms with Gasteiger partial charge in [0.2, 0.25) is 25.1 Å². The summed E-state index contributed by atoms with van der Waals surface area (Å²) < 4.78 is 58.9. The Bertz CT molecular complexity index is 2220. The van der Waals surface area contributed by atoms with Crippen molar-refractivity contribution in [3.63, 3.8) is 0 Å². The van der Waals surface area contributed by atoms with Gasteiger partial charge < -0.3 is 47.4 Å². The minimum atomic E-state index is 0.112. The SMILES string of the molecule is COc1cccc(CCc2ccc(OC)c(Oc3cc(CCc4cc5c(c(Oc6cc(CCc7cccc(OC)c7)ccc6OC)c4)OCO5)cc4c3OCO4)c2)c1. The Balaban J connectivity index is 0.993.